The number of hydrogen-bond acceptors (Lipinski definition) is 3. The summed E-state index contributed by atoms with van der Waals surface area (Å²) in [5, 5.41) is 6.72. The van der Waals surface area contributed by atoms with Crippen molar-refractivity contribution in [1.82, 2.24) is 15.5 Å². The number of carbonyl (C=O) groups excluding carboxylic acids is 2. The van der Waals surface area contributed by atoms with Crippen molar-refractivity contribution >= 4 is 11.8 Å². The van der Waals surface area contributed by atoms with Gasteiger partial charge in [0.1, 0.15) is 0 Å². The van der Waals surface area contributed by atoms with Gasteiger partial charge in [-0.15, -0.1) is 0 Å². The van der Waals surface area contributed by atoms with Crippen LogP contribution < -0.4 is 10.6 Å². The molecule has 0 saturated carbocycles. The molecule has 5 heteroatoms. The molecule has 0 aliphatic carbocycles. The predicted molar refractivity (Wildman–Crippen MR) is 76.1 cm³/mol. The minimum atomic E-state index is 0.142. The van der Waals surface area contributed by atoms with Crippen molar-refractivity contribution in [3.63, 3.8) is 0 Å². The van der Waals surface area contributed by atoms with Gasteiger partial charge in [-0.2, -0.15) is 0 Å². The summed E-state index contributed by atoms with van der Waals surface area (Å²) in [4.78, 5) is 25.3. The van der Waals surface area contributed by atoms with E-state index in [0.29, 0.717) is 37.4 Å². The fourth-order valence-corrected chi connectivity index (χ4v) is 4.02. The second kappa shape index (κ2) is 5.72. The molecule has 0 aromatic rings. The van der Waals surface area contributed by atoms with Crippen LogP contribution in [0.4, 0.5) is 0 Å². The molecule has 2 amide bonds. The Hall–Kier alpha value is -1.10. The summed E-state index contributed by atoms with van der Waals surface area (Å²) in [6.45, 7) is 0.655. The monoisotopic (exact) mass is 279 g/mol. The van der Waals surface area contributed by atoms with Gasteiger partial charge in [0.15, 0.2) is 0 Å². The van der Waals surface area contributed by atoms with Crippen LogP contribution in [0, 0.1) is 5.92 Å². The summed E-state index contributed by atoms with van der Waals surface area (Å²) in [5.41, 5.74) is 0. The lowest BCUT2D eigenvalue weighted by Gasteiger charge is -2.32. The number of piperidine rings is 2. The van der Waals surface area contributed by atoms with Gasteiger partial charge in [0.05, 0.1) is 0 Å². The molecule has 0 aromatic carbocycles. The number of amides is 2. The number of nitrogens with one attached hydrogen (secondary N) is 2. The lowest BCUT2D eigenvalue weighted by Crippen LogP contribution is -2.49. The summed E-state index contributed by atoms with van der Waals surface area (Å²) in [5.74, 6) is 0.895. The molecular formula is C15H25N3O2. The number of fused-ring (bicyclic) bond motifs is 2. The molecule has 3 saturated heterocycles. The molecule has 3 aliphatic heterocycles. The first-order chi connectivity index (χ1) is 9.60. The third-order valence-electron chi connectivity index (χ3n) is 5.04. The third kappa shape index (κ3) is 3.14. The first-order valence-electron chi connectivity index (χ1n) is 7.89. The lowest BCUT2D eigenvalue weighted by molar-refractivity contribution is -0.134. The summed E-state index contributed by atoms with van der Waals surface area (Å²) < 4.78 is 0. The standard InChI is InChI=1S/C15H25N3O2/c1-18-9-13(4-5-15(18)20)17-14(19)8-10-6-11-2-3-12(7-10)16-11/h10-13,16H,2-9H2,1H3,(H,17,19). The zero-order valence-corrected chi connectivity index (χ0v) is 12.2. The van der Waals surface area contributed by atoms with Gasteiger partial charge in [-0.3, -0.25) is 9.59 Å². The first kappa shape index (κ1) is 13.9. The summed E-state index contributed by atoms with van der Waals surface area (Å²) >= 11 is 0. The van der Waals surface area contributed by atoms with Crippen LogP contribution in [0.1, 0.15) is 44.9 Å². The van der Waals surface area contributed by atoms with Gasteiger partial charge >= 0.3 is 0 Å². The average Bonchev–Trinajstić information content (AvgIpc) is 2.73. The van der Waals surface area contributed by atoms with Gasteiger partial charge in [0.2, 0.25) is 11.8 Å². The molecule has 3 aliphatic rings. The molecule has 0 radical (unpaired) electrons. The van der Waals surface area contributed by atoms with Crippen LogP contribution in [0.2, 0.25) is 0 Å². The quantitative estimate of drug-likeness (QED) is 0.797. The Bertz CT molecular complexity index is 387. The zero-order chi connectivity index (χ0) is 14.1. The summed E-state index contributed by atoms with van der Waals surface area (Å²) in [7, 11) is 1.81. The highest BCUT2D eigenvalue weighted by molar-refractivity contribution is 5.79. The Morgan fingerprint density at radius 1 is 1.30 bits per heavy atom. The van der Waals surface area contributed by atoms with Gasteiger partial charge in [0, 0.05) is 44.6 Å². The molecule has 3 rings (SSSR count). The molecule has 5 nitrogen and oxygen atoms in total. The number of nitrogens with zero attached hydrogens (tertiary/aromatic N) is 1. The first-order valence-corrected chi connectivity index (χ1v) is 7.89. The van der Waals surface area contributed by atoms with Crippen LogP contribution in [0.25, 0.3) is 0 Å². The van der Waals surface area contributed by atoms with Crippen molar-refractivity contribution in [3.8, 4) is 0 Å². The van der Waals surface area contributed by atoms with Gasteiger partial charge in [-0.1, -0.05) is 0 Å². The normalized spacial score (nSPS) is 37.0. The fourth-order valence-electron chi connectivity index (χ4n) is 4.02. The molecule has 3 unspecified atom stereocenters. The van der Waals surface area contributed by atoms with Crippen molar-refractivity contribution in [3.05, 3.63) is 0 Å². The molecule has 3 fully saturated rings. The average molecular weight is 279 g/mol. The minimum absolute atomic E-state index is 0.142. The zero-order valence-electron chi connectivity index (χ0n) is 12.2. The van der Waals surface area contributed by atoms with Crippen LogP contribution >= 0.6 is 0 Å². The van der Waals surface area contributed by atoms with E-state index in [4.69, 9.17) is 0 Å². The van der Waals surface area contributed by atoms with E-state index in [1.165, 1.54) is 12.8 Å². The Morgan fingerprint density at radius 2 is 2.00 bits per heavy atom. The lowest BCUT2D eigenvalue weighted by atomic mass is 9.89. The number of hydrogen-bond donors (Lipinski definition) is 2. The summed E-state index contributed by atoms with van der Waals surface area (Å²) in [6.07, 6.45) is 6.84. The fraction of sp³-hybridized carbons (Fsp3) is 0.867. The van der Waals surface area contributed by atoms with Gasteiger partial charge in [-0.05, 0) is 38.0 Å². The van der Waals surface area contributed by atoms with E-state index in [0.717, 1.165) is 19.3 Å². The van der Waals surface area contributed by atoms with Crippen LogP contribution in [0.15, 0.2) is 0 Å². The molecule has 20 heavy (non-hydrogen) atoms. The molecule has 3 heterocycles. The smallest absolute Gasteiger partial charge is 0.222 e. The van der Waals surface area contributed by atoms with E-state index >= 15 is 0 Å². The maximum absolute atomic E-state index is 12.2. The van der Waals surface area contributed by atoms with Crippen molar-refractivity contribution in [1.29, 1.82) is 0 Å². The summed E-state index contributed by atoms with van der Waals surface area (Å²) in [6, 6.07) is 1.43. The van der Waals surface area contributed by atoms with Crippen LogP contribution in [-0.4, -0.2) is 48.4 Å². The molecule has 2 N–H and O–H groups in total. The van der Waals surface area contributed by atoms with E-state index in [-0.39, 0.29) is 17.9 Å². The Balaban J connectivity index is 1.44. The molecule has 2 bridgehead atoms. The Kier molecular flexibility index (Phi) is 3.96. The number of likely N-dealkylation sites (tertiary alicyclic amines) is 1. The van der Waals surface area contributed by atoms with Crippen LogP contribution in [0.5, 0.6) is 0 Å². The van der Waals surface area contributed by atoms with Crippen molar-refractivity contribution in [2.75, 3.05) is 13.6 Å². The van der Waals surface area contributed by atoms with Crippen LogP contribution in [-0.2, 0) is 9.59 Å². The molecule has 0 aromatic heterocycles. The van der Waals surface area contributed by atoms with Crippen molar-refractivity contribution in [2.45, 2.75) is 63.1 Å². The Labute approximate surface area is 120 Å². The highest BCUT2D eigenvalue weighted by Gasteiger charge is 2.34. The molecular weight excluding hydrogens is 254 g/mol. The number of likely N-dealkylation sites (N-methyl/N-ethyl adjacent to an activating group) is 1. The maximum Gasteiger partial charge on any atom is 0.222 e. The van der Waals surface area contributed by atoms with E-state index in [1.807, 2.05) is 7.05 Å². The highest BCUT2D eigenvalue weighted by atomic mass is 16.2. The molecule has 0 spiro atoms. The SMILES string of the molecule is CN1CC(NC(=O)CC2CC3CCC(C2)N3)CCC1=O. The van der Waals surface area contributed by atoms with E-state index in [1.54, 1.807) is 4.90 Å². The minimum Gasteiger partial charge on any atom is -0.352 e. The van der Waals surface area contributed by atoms with Crippen molar-refractivity contribution < 1.29 is 9.59 Å². The topological polar surface area (TPSA) is 61.4 Å². The number of carbonyl (C=O) groups is 2. The maximum atomic E-state index is 12.2. The molecule has 112 valence electrons. The van der Waals surface area contributed by atoms with E-state index in [2.05, 4.69) is 10.6 Å². The van der Waals surface area contributed by atoms with Gasteiger partial charge in [0.25, 0.3) is 0 Å². The Morgan fingerprint density at radius 3 is 2.65 bits per heavy atom. The molecule has 3 atom stereocenters. The second-order valence-electron chi connectivity index (χ2n) is 6.76. The number of rotatable bonds is 3. The van der Waals surface area contributed by atoms with E-state index < -0.39 is 0 Å². The predicted octanol–water partition coefficient (Wildman–Crippen LogP) is 0.644. The van der Waals surface area contributed by atoms with Gasteiger partial charge in [-0.25, -0.2) is 0 Å². The largest absolute Gasteiger partial charge is 0.352 e. The van der Waals surface area contributed by atoms with Gasteiger partial charge < -0.3 is 15.5 Å². The second-order valence-corrected chi connectivity index (χ2v) is 6.76. The highest BCUT2D eigenvalue weighted by Crippen LogP contribution is 2.32. The van der Waals surface area contributed by atoms with Crippen LogP contribution in [0.3, 0.4) is 0 Å². The van der Waals surface area contributed by atoms with Crippen molar-refractivity contribution in [2.24, 2.45) is 5.92 Å². The third-order valence-corrected chi connectivity index (χ3v) is 5.04. The van der Waals surface area contributed by atoms with E-state index in [9.17, 15) is 9.59 Å².